The van der Waals surface area contributed by atoms with Gasteiger partial charge in [-0.2, -0.15) is 5.10 Å². The van der Waals surface area contributed by atoms with Crippen LogP contribution in [0, 0.1) is 5.82 Å². The summed E-state index contributed by atoms with van der Waals surface area (Å²) in [6.45, 7) is 11.4. The fourth-order valence-corrected chi connectivity index (χ4v) is 9.06. The number of fused-ring (bicyclic) bond motifs is 1. The number of anilines is 1. The third kappa shape index (κ3) is 11.5. The van der Waals surface area contributed by atoms with Crippen molar-refractivity contribution in [2.75, 3.05) is 64.2 Å². The van der Waals surface area contributed by atoms with Crippen LogP contribution in [0.15, 0.2) is 83.8 Å². The fourth-order valence-electron chi connectivity index (χ4n) is 9.06. The standard InChI is InChI=1S/C51H59FN8O7/c1-5-33-9-8-10-35(27-33)36-30-44(54-50(65)67-51(2,3)4)46(53-31-36)49(64)59-21-17-38(18-22-59)66-37-15-19-57(20-16-37)32-45(61)58-23-25-60(26-24-58)48(63)41-28-34(13-14-42(41)52)29-43-39-11-6-7-12-40(39)47(62)56-55-43/h6-14,27-28,30-31,37-38H,5,15-26,29,32H2,1-4H3,(H,54,65)(H,56,62). The number of pyridine rings is 1. The molecule has 3 aliphatic rings. The maximum absolute atomic E-state index is 15.1. The second-order valence-electron chi connectivity index (χ2n) is 18.6. The molecular formula is C51H59FN8O7. The van der Waals surface area contributed by atoms with E-state index >= 15 is 4.39 Å². The smallest absolute Gasteiger partial charge is 0.412 e. The highest BCUT2D eigenvalue weighted by Crippen LogP contribution is 2.29. The number of aromatic amines is 1. The Labute approximate surface area is 389 Å². The van der Waals surface area contributed by atoms with Gasteiger partial charge in [0.15, 0.2) is 5.69 Å². The maximum Gasteiger partial charge on any atom is 0.412 e. The zero-order valence-corrected chi connectivity index (χ0v) is 38.7. The summed E-state index contributed by atoms with van der Waals surface area (Å²) in [5.74, 6) is -1.32. The van der Waals surface area contributed by atoms with Crippen LogP contribution in [-0.4, -0.2) is 135 Å². The molecule has 3 fully saturated rings. The molecule has 16 heteroatoms. The van der Waals surface area contributed by atoms with E-state index in [4.69, 9.17) is 9.47 Å². The van der Waals surface area contributed by atoms with Crippen LogP contribution in [-0.2, 0) is 27.1 Å². The summed E-state index contributed by atoms with van der Waals surface area (Å²) in [5, 5.41) is 10.7. The Morgan fingerprint density at radius 2 is 1.43 bits per heavy atom. The highest BCUT2D eigenvalue weighted by molar-refractivity contribution is 6.02. The third-order valence-corrected chi connectivity index (χ3v) is 12.7. The first-order valence-electron chi connectivity index (χ1n) is 23.3. The van der Waals surface area contributed by atoms with E-state index in [0.717, 1.165) is 36.0 Å². The molecule has 0 radical (unpaired) electrons. The molecule has 0 saturated carbocycles. The fraction of sp³-hybridized carbons (Fsp3) is 0.431. The normalized spacial score (nSPS) is 16.6. The van der Waals surface area contributed by atoms with E-state index in [1.54, 1.807) is 72.0 Å². The van der Waals surface area contributed by atoms with Crippen molar-refractivity contribution in [3.05, 3.63) is 123 Å². The van der Waals surface area contributed by atoms with Crippen molar-refractivity contribution >= 4 is 40.3 Å². The lowest BCUT2D eigenvalue weighted by molar-refractivity contribution is -0.135. The summed E-state index contributed by atoms with van der Waals surface area (Å²) in [5.41, 5.74) is 3.58. The Morgan fingerprint density at radius 3 is 2.13 bits per heavy atom. The van der Waals surface area contributed by atoms with Crippen LogP contribution in [0.3, 0.4) is 0 Å². The van der Waals surface area contributed by atoms with E-state index in [1.165, 1.54) is 6.07 Å². The molecule has 3 aliphatic heterocycles. The van der Waals surface area contributed by atoms with Gasteiger partial charge < -0.3 is 24.2 Å². The first-order chi connectivity index (χ1) is 32.2. The average Bonchev–Trinajstić information content (AvgIpc) is 3.33. The lowest BCUT2D eigenvalue weighted by Gasteiger charge is -2.38. The predicted molar refractivity (Wildman–Crippen MR) is 252 cm³/mol. The minimum atomic E-state index is -0.724. The number of ether oxygens (including phenoxy) is 2. The average molecular weight is 915 g/mol. The molecule has 3 saturated heterocycles. The number of nitrogens with zero attached hydrogens (tertiary/aromatic N) is 6. The lowest BCUT2D eigenvalue weighted by Crippen LogP contribution is -2.53. The molecule has 0 unspecified atom stereocenters. The maximum atomic E-state index is 15.1. The van der Waals surface area contributed by atoms with Gasteiger partial charge in [0.05, 0.1) is 41.1 Å². The summed E-state index contributed by atoms with van der Waals surface area (Å²) in [7, 11) is 0. The second-order valence-corrected chi connectivity index (χ2v) is 18.6. The number of amides is 4. The van der Waals surface area contributed by atoms with Crippen molar-refractivity contribution < 1.29 is 33.0 Å². The van der Waals surface area contributed by atoms with E-state index in [0.29, 0.717) is 99.3 Å². The summed E-state index contributed by atoms with van der Waals surface area (Å²) >= 11 is 0. The minimum absolute atomic E-state index is 0.00316. The minimum Gasteiger partial charge on any atom is -0.444 e. The molecule has 4 amide bonds. The van der Waals surface area contributed by atoms with Gasteiger partial charge in [-0.15, -0.1) is 0 Å². The molecule has 2 aromatic heterocycles. The van der Waals surface area contributed by atoms with E-state index in [2.05, 4.69) is 44.5 Å². The number of likely N-dealkylation sites (tertiary alicyclic amines) is 2. The number of hydrogen-bond acceptors (Lipinski definition) is 10. The van der Waals surface area contributed by atoms with E-state index in [9.17, 15) is 24.0 Å². The Bertz CT molecular complexity index is 2680. The Hall–Kier alpha value is -6.52. The van der Waals surface area contributed by atoms with Crippen molar-refractivity contribution in [2.24, 2.45) is 0 Å². The van der Waals surface area contributed by atoms with Gasteiger partial charge in [0.1, 0.15) is 11.4 Å². The number of hydrogen-bond donors (Lipinski definition) is 2. The van der Waals surface area contributed by atoms with Crippen molar-refractivity contribution in [3.63, 3.8) is 0 Å². The molecule has 0 bridgehead atoms. The van der Waals surface area contributed by atoms with Crippen molar-refractivity contribution in [3.8, 4) is 11.1 Å². The number of piperidine rings is 2. The first-order valence-corrected chi connectivity index (χ1v) is 23.3. The summed E-state index contributed by atoms with van der Waals surface area (Å²) in [4.78, 5) is 77.9. The zero-order valence-electron chi connectivity index (χ0n) is 38.7. The van der Waals surface area contributed by atoms with Crippen LogP contribution in [0.4, 0.5) is 14.9 Å². The van der Waals surface area contributed by atoms with Crippen LogP contribution in [0.1, 0.15) is 91.0 Å². The molecule has 0 aliphatic carbocycles. The van der Waals surface area contributed by atoms with Crippen molar-refractivity contribution in [2.45, 2.75) is 84.0 Å². The molecule has 5 heterocycles. The summed E-state index contributed by atoms with van der Waals surface area (Å²) in [6.07, 6.45) is 5.12. The molecule has 0 atom stereocenters. The molecule has 2 N–H and O–H groups in total. The largest absolute Gasteiger partial charge is 0.444 e. The number of halogens is 1. The summed E-state index contributed by atoms with van der Waals surface area (Å²) < 4.78 is 27.2. The highest BCUT2D eigenvalue weighted by atomic mass is 19.1. The molecule has 0 spiro atoms. The van der Waals surface area contributed by atoms with Gasteiger partial charge in [0.25, 0.3) is 17.4 Å². The van der Waals surface area contributed by atoms with Crippen molar-refractivity contribution in [1.82, 2.24) is 34.8 Å². The number of nitrogens with one attached hydrogen (secondary N) is 2. The Kier molecular flexibility index (Phi) is 14.4. The van der Waals surface area contributed by atoms with E-state index in [1.807, 2.05) is 24.3 Å². The number of piperazine rings is 1. The number of carbonyl (C=O) groups is 4. The third-order valence-electron chi connectivity index (χ3n) is 12.7. The van der Waals surface area contributed by atoms with Crippen LogP contribution in [0.25, 0.3) is 21.9 Å². The molecule has 3 aromatic carbocycles. The van der Waals surface area contributed by atoms with Gasteiger partial charge in [0.2, 0.25) is 5.91 Å². The van der Waals surface area contributed by atoms with Crippen molar-refractivity contribution in [1.29, 1.82) is 0 Å². The van der Waals surface area contributed by atoms with Crippen LogP contribution < -0.4 is 10.9 Å². The topological polar surface area (TPSA) is 170 Å². The van der Waals surface area contributed by atoms with E-state index < -0.39 is 23.4 Å². The van der Waals surface area contributed by atoms with Gasteiger partial charge in [-0.25, -0.2) is 19.3 Å². The number of benzene rings is 3. The predicted octanol–water partition coefficient (Wildman–Crippen LogP) is 6.69. The molecule has 15 nitrogen and oxygen atoms in total. The Balaban J connectivity index is 0.782. The van der Waals surface area contributed by atoms with Crippen LogP contribution in [0.2, 0.25) is 0 Å². The van der Waals surface area contributed by atoms with Crippen LogP contribution in [0.5, 0.6) is 0 Å². The lowest BCUT2D eigenvalue weighted by atomic mass is 10.0. The van der Waals surface area contributed by atoms with Gasteiger partial charge in [-0.05, 0) is 93.8 Å². The second kappa shape index (κ2) is 20.6. The molecule has 5 aromatic rings. The number of carbonyl (C=O) groups excluding carboxylic acids is 4. The molecule has 352 valence electrons. The van der Waals surface area contributed by atoms with Crippen LogP contribution >= 0.6 is 0 Å². The zero-order chi connectivity index (χ0) is 47.2. The highest BCUT2D eigenvalue weighted by Gasteiger charge is 2.32. The Morgan fingerprint density at radius 1 is 0.761 bits per heavy atom. The van der Waals surface area contributed by atoms with Gasteiger partial charge in [0, 0.05) is 75.9 Å². The van der Waals surface area contributed by atoms with Gasteiger partial charge >= 0.3 is 6.09 Å². The summed E-state index contributed by atoms with van der Waals surface area (Å²) in [6, 6.07) is 21.5. The number of H-pyrrole nitrogens is 1. The number of aromatic nitrogens is 3. The molecular weight excluding hydrogens is 856 g/mol. The van der Waals surface area contributed by atoms with Gasteiger partial charge in [-0.1, -0.05) is 55.5 Å². The van der Waals surface area contributed by atoms with E-state index in [-0.39, 0.29) is 47.4 Å². The number of aryl methyl sites for hydroxylation is 1. The molecule has 67 heavy (non-hydrogen) atoms. The van der Waals surface area contributed by atoms with Gasteiger partial charge in [-0.3, -0.25) is 29.4 Å². The first kappa shape index (κ1) is 47.0. The molecule has 8 rings (SSSR count). The SMILES string of the molecule is CCc1cccc(-c2cnc(C(=O)N3CCC(OC4CCN(CC(=O)N5CCN(C(=O)c6cc(Cc7n[nH]c(=O)c8ccccc78)ccc6F)CC5)CC4)CC3)c(NC(=O)OC(C)(C)C)c2)c1. The number of rotatable bonds is 11. The quantitative estimate of drug-likeness (QED) is 0.146. The monoisotopic (exact) mass is 914 g/mol.